The predicted octanol–water partition coefficient (Wildman–Crippen LogP) is 2.04. The van der Waals surface area contributed by atoms with Gasteiger partial charge in [-0.1, -0.05) is 24.4 Å². The third-order valence-corrected chi connectivity index (χ3v) is 8.67. The van der Waals surface area contributed by atoms with Gasteiger partial charge in [-0.2, -0.15) is 11.8 Å². The Kier molecular flexibility index (Phi) is 4.91. The molecule has 160 valence electrons. The molecule has 0 radical (unpaired) electrons. The van der Waals surface area contributed by atoms with Crippen LogP contribution in [0, 0.1) is 18.8 Å². The smallest absolute Gasteiger partial charge is 0.291 e. The standard InChI is InChI=1S/C22H26ClN3O3S/c1-11-14(23)8-7-13-18(11)24-21(29)22(13)17-16(15(25-22)9-10-30-2)19(27)26(20(17)28)12-5-3-4-6-12/h7-8,12,15-17,25H,3-6,9-10H2,1-2H3,(H,24,29)/p+1/t15-,16+,17-,22-/m0/s1. The van der Waals surface area contributed by atoms with Gasteiger partial charge in [-0.25, -0.2) is 0 Å². The van der Waals surface area contributed by atoms with Crippen LogP contribution in [-0.2, 0) is 19.9 Å². The molecular formula is C22H27ClN3O3S+. The van der Waals surface area contributed by atoms with E-state index in [1.165, 1.54) is 4.90 Å². The van der Waals surface area contributed by atoms with Crippen LogP contribution < -0.4 is 10.6 Å². The number of hydrogen-bond donors (Lipinski definition) is 2. The molecule has 3 fully saturated rings. The number of carbonyl (C=O) groups excluding carboxylic acids is 3. The number of fused-ring (bicyclic) bond motifs is 4. The maximum atomic E-state index is 13.7. The molecule has 1 saturated carbocycles. The van der Waals surface area contributed by atoms with Crippen LogP contribution in [0.2, 0.25) is 5.02 Å². The molecule has 6 nitrogen and oxygen atoms in total. The Balaban J connectivity index is 1.64. The summed E-state index contributed by atoms with van der Waals surface area (Å²) in [4.78, 5) is 42.3. The van der Waals surface area contributed by atoms with Gasteiger partial charge in [0.15, 0.2) is 0 Å². The summed E-state index contributed by atoms with van der Waals surface area (Å²) >= 11 is 8.04. The third-order valence-electron chi connectivity index (χ3n) is 7.62. The van der Waals surface area contributed by atoms with E-state index in [2.05, 4.69) is 5.32 Å². The molecule has 4 atom stereocenters. The Hall–Kier alpha value is -1.57. The maximum absolute atomic E-state index is 13.7. The van der Waals surface area contributed by atoms with Crippen molar-refractivity contribution in [2.24, 2.45) is 11.8 Å². The van der Waals surface area contributed by atoms with Crippen molar-refractivity contribution >= 4 is 46.8 Å². The number of halogens is 1. The zero-order chi connectivity index (χ0) is 21.2. The number of benzene rings is 1. The lowest BCUT2D eigenvalue weighted by Crippen LogP contribution is -2.99. The number of quaternary nitrogens is 1. The minimum absolute atomic E-state index is 0.00950. The molecule has 0 aromatic heterocycles. The second-order valence-corrected chi connectivity index (χ2v) is 10.4. The molecule has 1 aromatic carbocycles. The Morgan fingerprint density at radius 3 is 2.67 bits per heavy atom. The van der Waals surface area contributed by atoms with E-state index in [1.54, 1.807) is 17.8 Å². The van der Waals surface area contributed by atoms with Gasteiger partial charge >= 0.3 is 0 Å². The Morgan fingerprint density at radius 1 is 1.23 bits per heavy atom. The van der Waals surface area contributed by atoms with E-state index in [4.69, 9.17) is 11.6 Å². The number of thioether (sulfide) groups is 1. The molecule has 3 heterocycles. The van der Waals surface area contributed by atoms with Crippen molar-refractivity contribution in [2.45, 2.75) is 56.7 Å². The van der Waals surface area contributed by atoms with Gasteiger partial charge in [0.2, 0.25) is 17.4 Å². The first-order valence-corrected chi connectivity index (χ1v) is 12.5. The van der Waals surface area contributed by atoms with Crippen LogP contribution in [0.25, 0.3) is 0 Å². The van der Waals surface area contributed by atoms with Crippen LogP contribution in [-0.4, -0.2) is 46.7 Å². The zero-order valence-electron chi connectivity index (χ0n) is 17.2. The maximum Gasteiger partial charge on any atom is 0.291 e. The molecule has 1 aliphatic carbocycles. The molecule has 3 N–H and O–H groups in total. The van der Waals surface area contributed by atoms with E-state index in [-0.39, 0.29) is 29.8 Å². The van der Waals surface area contributed by atoms with Crippen molar-refractivity contribution in [1.29, 1.82) is 0 Å². The summed E-state index contributed by atoms with van der Waals surface area (Å²) in [6, 6.07) is 3.57. The van der Waals surface area contributed by atoms with Gasteiger partial charge in [0.1, 0.15) is 17.9 Å². The lowest BCUT2D eigenvalue weighted by molar-refractivity contribution is -0.733. The molecule has 5 rings (SSSR count). The molecular weight excluding hydrogens is 422 g/mol. The summed E-state index contributed by atoms with van der Waals surface area (Å²) in [5.41, 5.74) is 1.22. The first-order valence-electron chi connectivity index (χ1n) is 10.7. The molecule has 0 bridgehead atoms. The van der Waals surface area contributed by atoms with Gasteiger partial charge < -0.3 is 10.6 Å². The van der Waals surface area contributed by atoms with Gasteiger partial charge in [0, 0.05) is 23.0 Å². The highest BCUT2D eigenvalue weighted by atomic mass is 35.5. The Labute approximate surface area is 185 Å². The van der Waals surface area contributed by atoms with E-state index >= 15 is 0 Å². The van der Waals surface area contributed by atoms with Gasteiger partial charge in [-0.3, -0.25) is 19.3 Å². The number of imide groups is 1. The molecule has 30 heavy (non-hydrogen) atoms. The van der Waals surface area contributed by atoms with Crippen molar-refractivity contribution < 1.29 is 19.7 Å². The predicted molar refractivity (Wildman–Crippen MR) is 116 cm³/mol. The molecule has 0 unspecified atom stereocenters. The van der Waals surface area contributed by atoms with E-state index in [1.807, 2.05) is 24.6 Å². The molecule has 3 aliphatic heterocycles. The highest BCUT2D eigenvalue weighted by Gasteiger charge is 2.74. The number of hydrogen-bond acceptors (Lipinski definition) is 4. The second-order valence-electron chi connectivity index (χ2n) is 9.02. The van der Waals surface area contributed by atoms with Crippen LogP contribution in [0.1, 0.15) is 43.2 Å². The minimum Gasteiger partial charge on any atom is -0.326 e. The highest BCUT2D eigenvalue weighted by molar-refractivity contribution is 7.98. The number of nitrogens with zero attached hydrogens (tertiary/aromatic N) is 1. The summed E-state index contributed by atoms with van der Waals surface area (Å²) in [7, 11) is 0. The summed E-state index contributed by atoms with van der Waals surface area (Å²) in [5.74, 6) is -0.630. The average molecular weight is 449 g/mol. The first kappa shape index (κ1) is 20.3. The number of nitrogens with one attached hydrogen (secondary N) is 1. The Morgan fingerprint density at radius 2 is 1.97 bits per heavy atom. The Bertz CT molecular complexity index is 948. The number of amides is 3. The van der Waals surface area contributed by atoms with Crippen LogP contribution in [0.4, 0.5) is 5.69 Å². The fourth-order valence-electron chi connectivity index (χ4n) is 6.21. The van der Waals surface area contributed by atoms with Gasteiger partial charge in [-0.15, -0.1) is 0 Å². The van der Waals surface area contributed by atoms with Crippen LogP contribution >= 0.6 is 23.4 Å². The van der Waals surface area contributed by atoms with Crippen molar-refractivity contribution in [1.82, 2.24) is 4.90 Å². The number of rotatable bonds is 4. The van der Waals surface area contributed by atoms with Crippen molar-refractivity contribution in [3.8, 4) is 0 Å². The SMILES string of the molecule is CSCC[C@@H]1[NH2+][C@]2(C(=O)Nc3c2ccc(Cl)c3C)[C@@H]2C(=O)N(C3CCCC3)C(=O)[C@H]12. The summed E-state index contributed by atoms with van der Waals surface area (Å²) < 4.78 is 0. The molecule has 2 saturated heterocycles. The summed E-state index contributed by atoms with van der Waals surface area (Å²) in [6.07, 6.45) is 6.67. The van der Waals surface area contributed by atoms with E-state index in [0.29, 0.717) is 10.7 Å². The lowest BCUT2D eigenvalue weighted by atomic mass is 9.76. The largest absolute Gasteiger partial charge is 0.326 e. The number of nitrogens with two attached hydrogens (primary N) is 1. The van der Waals surface area contributed by atoms with E-state index in [0.717, 1.165) is 49.0 Å². The quantitative estimate of drug-likeness (QED) is 0.690. The number of likely N-dealkylation sites (tertiary alicyclic amines) is 1. The average Bonchev–Trinajstić information content (AvgIpc) is 3.46. The fraction of sp³-hybridized carbons (Fsp3) is 0.591. The van der Waals surface area contributed by atoms with Gasteiger partial charge in [0.05, 0.1) is 5.69 Å². The third kappa shape index (κ3) is 2.58. The van der Waals surface area contributed by atoms with Crippen LogP contribution in [0.5, 0.6) is 0 Å². The minimum atomic E-state index is -1.08. The van der Waals surface area contributed by atoms with E-state index < -0.39 is 17.4 Å². The van der Waals surface area contributed by atoms with Gasteiger partial charge in [-0.05, 0) is 49.5 Å². The molecule has 3 amide bonds. The first-order chi connectivity index (χ1) is 14.4. The molecule has 4 aliphatic rings. The molecule has 1 spiro atoms. The zero-order valence-corrected chi connectivity index (χ0v) is 18.8. The molecule has 8 heteroatoms. The number of carbonyl (C=O) groups is 3. The summed E-state index contributed by atoms with van der Waals surface area (Å²) in [5, 5.41) is 5.61. The van der Waals surface area contributed by atoms with Crippen molar-refractivity contribution in [3.63, 3.8) is 0 Å². The number of anilines is 1. The second kappa shape index (κ2) is 7.24. The monoisotopic (exact) mass is 448 g/mol. The highest BCUT2D eigenvalue weighted by Crippen LogP contribution is 2.51. The van der Waals surface area contributed by atoms with E-state index in [9.17, 15) is 14.4 Å². The lowest BCUT2D eigenvalue weighted by Gasteiger charge is -2.28. The molecule has 1 aromatic rings. The normalized spacial score (nSPS) is 33.0. The van der Waals surface area contributed by atoms with Crippen molar-refractivity contribution in [2.75, 3.05) is 17.3 Å². The van der Waals surface area contributed by atoms with Gasteiger partial charge in [0.25, 0.3) is 5.91 Å². The summed E-state index contributed by atoms with van der Waals surface area (Å²) in [6.45, 7) is 1.88. The van der Waals surface area contributed by atoms with Crippen LogP contribution in [0.3, 0.4) is 0 Å². The van der Waals surface area contributed by atoms with Crippen molar-refractivity contribution in [3.05, 3.63) is 28.3 Å². The fourth-order valence-corrected chi connectivity index (χ4v) is 6.88. The topological polar surface area (TPSA) is 83.1 Å². The van der Waals surface area contributed by atoms with Crippen LogP contribution in [0.15, 0.2) is 12.1 Å².